The number of piperidine rings is 1. The molecule has 1 aliphatic heterocycles. The number of halogens is 2. The third-order valence-electron chi connectivity index (χ3n) is 2.65. The van der Waals surface area contributed by atoms with Gasteiger partial charge in [0.05, 0.1) is 16.9 Å². The van der Waals surface area contributed by atoms with E-state index in [2.05, 4.69) is 10.4 Å². The van der Waals surface area contributed by atoms with Crippen molar-refractivity contribution >= 4 is 11.6 Å². The van der Waals surface area contributed by atoms with Crippen LogP contribution in [0, 0.1) is 0 Å². The fourth-order valence-electron chi connectivity index (χ4n) is 1.99. The molecule has 1 N–H and O–H groups in total. The van der Waals surface area contributed by atoms with Gasteiger partial charge in [-0.15, -0.1) is 0 Å². The van der Waals surface area contributed by atoms with Crippen LogP contribution in [0.2, 0.25) is 5.02 Å². The van der Waals surface area contributed by atoms with Crippen molar-refractivity contribution in [3.05, 3.63) is 16.9 Å². The van der Waals surface area contributed by atoms with Crippen molar-refractivity contribution in [2.75, 3.05) is 13.1 Å². The fourth-order valence-corrected chi connectivity index (χ4v) is 2.32. The van der Waals surface area contributed by atoms with Crippen LogP contribution in [0.25, 0.3) is 0 Å². The van der Waals surface area contributed by atoms with Crippen molar-refractivity contribution in [1.29, 1.82) is 0 Å². The Labute approximate surface area is 87.2 Å². The molecule has 0 spiro atoms. The molecule has 0 aromatic carbocycles. The van der Waals surface area contributed by atoms with Crippen LogP contribution in [0.4, 0.5) is 4.39 Å². The van der Waals surface area contributed by atoms with E-state index >= 15 is 0 Å². The number of nitrogens with one attached hydrogen (secondary N) is 1. The second-order valence-electron chi connectivity index (χ2n) is 3.71. The monoisotopic (exact) mass is 217 g/mol. The Hall–Kier alpha value is -0.610. The van der Waals surface area contributed by atoms with Crippen molar-refractivity contribution in [3.8, 4) is 0 Å². The largest absolute Gasteiger partial charge is 0.313 e. The molecule has 1 aromatic heterocycles. The number of nitrogens with zero attached hydrogens (tertiary/aromatic N) is 2. The highest BCUT2D eigenvalue weighted by Gasteiger charge is 2.38. The van der Waals surface area contributed by atoms with Crippen molar-refractivity contribution in [2.45, 2.75) is 18.5 Å². The highest BCUT2D eigenvalue weighted by atomic mass is 35.5. The Bertz CT molecular complexity index is 311. The lowest BCUT2D eigenvalue weighted by atomic mass is 9.92. The molecule has 1 unspecified atom stereocenters. The molecule has 0 radical (unpaired) electrons. The highest BCUT2D eigenvalue weighted by molar-refractivity contribution is 6.31. The van der Waals surface area contributed by atoms with E-state index in [9.17, 15) is 4.39 Å². The third-order valence-corrected chi connectivity index (χ3v) is 2.93. The Morgan fingerprint density at radius 3 is 3.00 bits per heavy atom. The van der Waals surface area contributed by atoms with Crippen LogP contribution >= 0.6 is 11.6 Å². The van der Waals surface area contributed by atoms with Crippen LogP contribution in [0.15, 0.2) is 6.20 Å². The Kier molecular flexibility index (Phi) is 2.49. The van der Waals surface area contributed by atoms with E-state index in [0.717, 1.165) is 13.0 Å². The van der Waals surface area contributed by atoms with Crippen LogP contribution < -0.4 is 5.32 Å². The molecule has 0 saturated carbocycles. The Morgan fingerprint density at radius 2 is 2.50 bits per heavy atom. The quantitative estimate of drug-likeness (QED) is 0.775. The van der Waals surface area contributed by atoms with Crippen molar-refractivity contribution in [3.63, 3.8) is 0 Å². The molecule has 14 heavy (non-hydrogen) atoms. The average molecular weight is 218 g/mol. The molecule has 5 heteroatoms. The van der Waals surface area contributed by atoms with Gasteiger partial charge in [-0.3, -0.25) is 4.68 Å². The Balaban J connectivity index is 2.36. The van der Waals surface area contributed by atoms with Gasteiger partial charge in [0.15, 0.2) is 5.67 Å². The normalized spacial score (nSPS) is 27.9. The van der Waals surface area contributed by atoms with Crippen LogP contribution in [0.1, 0.15) is 18.5 Å². The molecular weight excluding hydrogens is 205 g/mol. The van der Waals surface area contributed by atoms with E-state index in [-0.39, 0.29) is 0 Å². The summed E-state index contributed by atoms with van der Waals surface area (Å²) in [6.45, 7) is 1.20. The Morgan fingerprint density at radius 1 is 1.71 bits per heavy atom. The fraction of sp³-hybridized carbons (Fsp3) is 0.667. The topological polar surface area (TPSA) is 29.9 Å². The number of aryl methyl sites for hydroxylation is 1. The molecule has 1 aromatic rings. The van der Waals surface area contributed by atoms with Gasteiger partial charge in [-0.25, -0.2) is 4.39 Å². The highest BCUT2D eigenvalue weighted by Crippen LogP contribution is 2.36. The van der Waals surface area contributed by atoms with Crippen molar-refractivity contribution < 1.29 is 4.39 Å². The SMILES string of the molecule is Cn1ncc(Cl)c1C1(F)CCCNC1. The predicted molar refractivity (Wildman–Crippen MR) is 53.1 cm³/mol. The molecule has 1 atom stereocenters. The molecule has 0 bridgehead atoms. The summed E-state index contributed by atoms with van der Waals surface area (Å²) in [7, 11) is 1.72. The molecule has 3 nitrogen and oxygen atoms in total. The zero-order valence-electron chi connectivity index (χ0n) is 8.06. The van der Waals surface area contributed by atoms with E-state index in [0.29, 0.717) is 23.7 Å². The average Bonchev–Trinajstić information content (AvgIpc) is 2.48. The van der Waals surface area contributed by atoms with E-state index < -0.39 is 5.67 Å². The van der Waals surface area contributed by atoms with Crippen molar-refractivity contribution in [2.24, 2.45) is 7.05 Å². The molecule has 78 valence electrons. The third kappa shape index (κ3) is 1.53. The first kappa shape index (κ1) is 9.93. The maximum atomic E-state index is 14.5. The second-order valence-corrected chi connectivity index (χ2v) is 4.12. The minimum atomic E-state index is -1.36. The first-order chi connectivity index (χ1) is 6.63. The van der Waals surface area contributed by atoms with Gasteiger partial charge in [-0.2, -0.15) is 5.10 Å². The summed E-state index contributed by atoms with van der Waals surface area (Å²) in [4.78, 5) is 0. The number of alkyl halides is 1. The van der Waals surface area contributed by atoms with Gasteiger partial charge in [0.2, 0.25) is 0 Å². The van der Waals surface area contributed by atoms with Gasteiger partial charge < -0.3 is 5.32 Å². The van der Waals surface area contributed by atoms with E-state index in [1.165, 1.54) is 10.9 Å². The standard InChI is InChI=1S/C9H13ClFN3/c1-14-8(7(10)5-13-14)9(11)3-2-4-12-6-9/h5,12H,2-4,6H2,1H3. The van der Waals surface area contributed by atoms with Gasteiger partial charge in [0, 0.05) is 13.6 Å². The smallest absolute Gasteiger partial charge is 0.166 e. The molecule has 1 fully saturated rings. The summed E-state index contributed by atoms with van der Waals surface area (Å²) in [5.41, 5.74) is -0.869. The first-order valence-electron chi connectivity index (χ1n) is 4.71. The summed E-state index contributed by atoms with van der Waals surface area (Å²) in [5.74, 6) is 0. The number of hydrogen-bond acceptors (Lipinski definition) is 2. The van der Waals surface area contributed by atoms with Crippen LogP contribution in [0.5, 0.6) is 0 Å². The second kappa shape index (κ2) is 3.51. The molecule has 1 aliphatic rings. The summed E-state index contributed by atoms with van der Waals surface area (Å²) < 4.78 is 16.0. The number of hydrogen-bond donors (Lipinski definition) is 1. The minimum Gasteiger partial charge on any atom is -0.313 e. The van der Waals surface area contributed by atoms with Gasteiger partial charge >= 0.3 is 0 Å². The zero-order valence-corrected chi connectivity index (χ0v) is 8.81. The lowest BCUT2D eigenvalue weighted by Gasteiger charge is -2.30. The summed E-state index contributed by atoms with van der Waals surface area (Å²) >= 11 is 5.92. The van der Waals surface area contributed by atoms with E-state index in [1.807, 2.05) is 0 Å². The lowest BCUT2D eigenvalue weighted by Crippen LogP contribution is -2.41. The van der Waals surface area contributed by atoms with Gasteiger partial charge in [0.1, 0.15) is 0 Å². The minimum absolute atomic E-state index is 0.326. The van der Waals surface area contributed by atoms with Gasteiger partial charge in [0.25, 0.3) is 0 Å². The maximum Gasteiger partial charge on any atom is 0.166 e. The molecule has 0 aliphatic carbocycles. The van der Waals surface area contributed by atoms with Gasteiger partial charge in [-0.1, -0.05) is 11.6 Å². The summed E-state index contributed by atoms with van der Waals surface area (Å²) in [5, 5.41) is 7.41. The predicted octanol–water partition coefficient (Wildman–Crippen LogP) is 1.62. The zero-order chi connectivity index (χ0) is 10.2. The maximum absolute atomic E-state index is 14.5. The van der Waals surface area contributed by atoms with Crippen LogP contribution in [-0.4, -0.2) is 22.9 Å². The lowest BCUT2D eigenvalue weighted by molar-refractivity contribution is 0.111. The van der Waals surface area contributed by atoms with Gasteiger partial charge in [-0.05, 0) is 19.4 Å². The van der Waals surface area contributed by atoms with E-state index in [4.69, 9.17) is 11.6 Å². The van der Waals surface area contributed by atoms with Crippen LogP contribution in [0.3, 0.4) is 0 Å². The molecule has 2 rings (SSSR count). The summed E-state index contributed by atoms with van der Waals surface area (Å²) in [6.07, 6.45) is 2.84. The number of aromatic nitrogens is 2. The molecule has 2 heterocycles. The van der Waals surface area contributed by atoms with Crippen molar-refractivity contribution in [1.82, 2.24) is 15.1 Å². The summed E-state index contributed by atoms with van der Waals surface area (Å²) in [6, 6.07) is 0. The first-order valence-corrected chi connectivity index (χ1v) is 5.09. The number of rotatable bonds is 1. The molecule has 0 amide bonds. The molecular formula is C9H13ClFN3. The molecule has 1 saturated heterocycles. The van der Waals surface area contributed by atoms with Crippen LogP contribution in [-0.2, 0) is 12.7 Å². The van der Waals surface area contributed by atoms with E-state index in [1.54, 1.807) is 7.05 Å².